The average Bonchev–Trinajstić information content (AvgIpc) is 3.67. The molecule has 0 amide bonds. The number of amidine groups is 1. The molecule has 11 nitrogen and oxygen atoms in total. The van der Waals surface area contributed by atoms with Crippen LogP contribution in [0.3, 0.4) is 0 Å². The molecule has 2 N–H and O–H groups in total. The Kier molecular flexibility index (Phi) is 9.38. The number of halogens is 3. The number of hydrogen-bond donors (Lipinski definition) is 2. The van der Waals surface area contributed by atoms with Crippen LogP contribution in [0.25, 0.3) is 0 Å². The number of nitrogens with one attached hydrogen (secondary N) is 1. The van der Waals surface area contributed by atoms with E-state index in [2.05, 4.69) is 10.3 Å². The van der Waals surface area contributed by atoms with E-state index in [-0.39, 0.29) is 38.4 Å². The Bertz CT molecular complexity index is 1500. The summed E-state index contributed by atoms with van der Waals surface area (Å²) in [4.78, 5) is 35.7. The number of aliphatic imine (C=N–C) groups is 1. The third kappa shape index (κ3) is 6.49. The van der Waals surface area contributed by atoms with Gasteiger partial charge in [0, 0.05) is 50.0 Å². The van der Waals surface area contributed by atoms with Crippen molar-refractivity contribution in [3.05, 3.63) is 63.0 Å². The predicted molar refractivity (Wildman–Crippen MR) is 160 cm³/mol. The molecule has 5 rings (SSSR count). The van der Waals surface area contributed by atoms with Crippen LogP contribution in [0.15, 0.2) is 46.0 Å². The molecule has 0 aliphatic carbocycles. The summed E-state index contributed by atoms with van der Waals surface area (Å²) in [6.45, 7) is 5.77. The first-order valence-electron chi connectivity index (χ1n) is 14.6. The number of alkyl halides is 2. The zero-order chi connectivity index (χ0) is 32.7. The molecule has 2 fully saturated rings. The number of carboxylic acid groups (broad SMARTS) is 1. The van der Waals surface area contributed by atoms with Crippen LogP contribution in [0.1, 0.15) is 42.9 Å². The van der Waals surface area contributed by atoms with Gasteiger partial charge in [0.1, 0.15) is 17.9 Å². The van der Waals surface area contributed by atoms with Gasteiger partial charge in [0.25, 0.3) is 5.92 Å². The number of aliphatic carboxylic acids is 1. The summed E-state index contributed by atoms with van der Waals surface area (Å²) in [6, 6.07) is 1.74. The van der Waals surface area contributed by atoms with Gasteiger partial charge < -0.3 is 19.9 Å². The number of likely N-dealkylation sites (tertiary alicyclic amines) is 1. The molecule has 45 heavy (non-hydrogen) atoms. The second kappa shape index (κ2) is 12.8. The summed E-state index contributed by atoms with van der Waals surface area (Å²) in [5.74, 6) is -5.09. The molecule has 0 bridgehead atoms. The van der Waals surface area contributed by atoms with E-state index in [9.17, 15) is 19.1 Å². The fourth-order valence-electron chi connectivity index (χ4n) is 6.09. The highest BCUT2D eigenvalue weighted by Gasteiger charge is 2.61. The second-order valence-electron chi connectivity index (χ2n) is 11.8. The molecule has 4 heterocycles. The van der Waals surface area contributed by atoms with Gasteiger partial charge in [-0.15, -0.1) is 11.3 Å². The van der Waals surface area contributed by atoms with Crippen molar-refractivity contribution >= 4 is 29.1 Å². The van der Waals surface area contributed by atoms with Crippen LogP contribution in [-0.4, -0.2) is 113 Å². The lowest BCUT2D eigenvalue weighted by molar-refractivity contribution is -0.164. The summed E-state index contributed by atoms with van der Waals surface area (Å²) < 4.78 is 57.3. The van der Waals surface area contributed by atoms with Crippen molar-refractivity contribution in [3.8, 4) is 0 Å². The number of esters is 1. The number of carbonyl (C=O) groups excluding carboxylic acids is 1. The molecular formula is C30H37F3N6O5S. The Hall–Kier alpha value is -3.37. The lowest BCUT2D eigenvalue weighted by atomic mass is 9.92. The Labute approximate surface area is 263 Å². The summed E-state index contributed by atoms with van der Waals surface area (Å²) >= 11 is 1.31. The molecule has 1 aromatic heterocycles. The number of rotatable bonds is 11. The molecule has 3 atom stereocenters. The van der Waals surface area contributed by atoms with E-state index in [4.69, 9.17) is 14.5 Å². The molecule has 1 aromatic carbocycles. The highest BCUT2D eigenvalue weighted by atomic mass is 32.1. The van der Waals surface area contributed by atoms with Crippen LogP contribution in [0.2, 0.25) is 0 Å². The third-order valence-electron chi connectivity index (χ3n) is 8.41. The topological polar surface area (TPSA) is 120 Å². The monoisotopic (exact) mass is 650 g/mol. The van der Waals surface area contributed by atoms with Crippen LogP contribution < -0.4 is 5.32 Å². The quantitative estimate of drug-likeness (QED) is 0.351. The van der Waals surface area contributed by atoms with Crippen molar-refractivity contribution in [2.24, 2.45) is 4.99 Å². The molecule has 244 valence electrons. The zero-order valence-corrected chi connectivity index (χ0v) is 26.5. The van der Waals surface area contributed by atoms with Crippen molar-refractivity contribution in [2.75, 3.05) is 46.4 Å². The number of carbonyl (C=O) groups is 2. The van der Waals surface area contributed by atoms with Gasteiger partial charge >= 0.3 is 11.9 Å². The fraction of sp³-hybridized carbons (Fsp3) is 0.533. The van der Waals surface area contributed by atoms with Gasteiger partial charge in [-0.1, -0.05) is 12.1 Å². The van der Waals surface area contributed by atoms with Gasteiger partial charge in [0.15, 0.2) is 16.4 Å². The van der Waals surface area contributed by atoms with E-state index in [1.807, 2.05) is 0 Å². The molecule has 0 saturated carbocycles. The first kappa shape index (κ1) is 33.0. The zero-order valence-electron chi connectivity index (χ0n) is 25.7. The summed E-state index contributed by atoms with van der Waals surface area (Å²) in [7, 11) is 1.70. The number of hydrogen-bond acceptors (Lipinski definition) is 11. The summed E-state index contributed by atoms with van der Waals surface area (Å²) in [5, 5.41) is 18.1. The number of benzene rings is 1. The normalized spacial score (nSPS) is 24.0. The number of ether oxygens (including phenoxy) is 2. The third-order valence-corrected chi connectivity index (χ3v) is 9.19. The van der Waals surface area contributed by atoms with E-state index in [0.29, 0.717) is 27.7 Å². The lowest BCUT2D eigenvalue weighted by Crippen LogP contribution is -2.50. The Morgan fingerprint density at radius 3 is 2.71 bits per heavy atom. The molecule has 3 aliphatic rings. The first-order chi connectivity index (χ1) is 21.2. The number of hydrazine groups is 1. The Balaban J connectivity index is 1.49. The minimum absolute atomic E-state index is 0.0641. The van der Waals surface area contributed by atoms with E-state index in [0.717, 1.165) is 0 Å². The van der Waals surface area contributed by atoms with E-state index < -0.39 is 53.9 Å². The van der Waals surface area contributed by atoms with Gasteiger partial charge in [-0.2, -0.15) is 0 Å². The lowest BCUT2D eigenvalue weighted by Gasteiger charge is -2.32. The number of nitrogens with zero attached hydrogens (tertiary/aromatic N) is 5. The van der Waals surface area contributed by atoms with Crippen molar-refractivity contribution in [1.82, 2.24) is 25.2 Å². The van der Waals surface area contributed by atoms with Crippen LogP contribution >= 0.6 is 11.3 Å². The standard InChI is InChI=1S/C30H37F3N6O5S/c1-6-43-27(40)22-20(35-25(26-34-10-13-45-26)36-23(22)18-8-7-9-19(31)17(18)2)14-38-16-30(32,33)24-21(38)15-37(5)39(24)11-12-44-29(3,4)28(41)42/h7-10,13,21,23-24H,6,11-12,14-16H2,1-5H3,(H,35,36)(H,41,42)/t21-,23-,24+/m0/s1. The van der Waals surface area contributed by atoms with Crippen molar-refractivity contribution in [3.63, 3.8) is 0 Å². The average molecular weight is 651 g/mol. The molecule has 15 heteroatoms. The number of carboxylic acids is 1. The van der Waals surface area contributed by atoms with Crippen LogP contribution in [0.5, 0.6) is 0 Å². The Morgan fingerprint density at radius 1 is 1.29 bits per heavy atom. The van der Waals surface area contributed by atoms with Crippen molar-refractivity contribution < 1.29 is 37.3 Å². The largest absolute Gasteiger partial charge is 0.479 e. The van der Waals surface area contributed by atoms with Gasteiger partial charge in [-0.25, -0.2) is 37.8 Å². The summed E-state index contributed by atoms with van der Waals surface area (Å²) in [5.41, 5.74) is -0.261. The maximum atomic E-state index is 15.8. The van der Waals surface area contributed by atoms with Gasteiger partial charge in [-0.05, 0) is 44.9 Å². The van der Waals surface area contributed by atoms with Crippen LogP contribution in [0.4, 0.5) is 13.2 Å². The molecule has 3 aliphatic heterocycles. The Morgan fingerprint density at radius 2 is 2.04 bits per heavy atom. The predicted octanol–water partition coefficient (Wildman–Crippen LogP) is 3.23. The molecule has 0 spiro atoms. The van der Waals surface area contributed by atoms with Gasteiger partial charge in [-0.3, -0.25) is 9.89 Å². The minimum Gasteiger partial charge on any atom is -0.479 e. The summed E-state index contributed by atoms with van der Waals surface area (Å²) in [6.07, 6.45) is 1.60. The molecule has 0 radical (unpaired) electrons. The van der Waals surface area contributed by atoms with E-state index >= 15 is 8.78 Å². The SMILES string of the molecule is CCOC(=O)C1=C(CN2CC(F)(F)[C@H]3[C@@H]2CN(C)N3CCOC(C)(C)C(=O)O)NC(c2nccs2)=N[C@H]1c1cccc(F)c1C. The van der Waals surface area contributed by atoms with E-state index in [1.54, 1.807) is 48.4 Å². The van der Waals surface area contributed by atoms with Crippen LogP contribution in [0, 0.1) is 12.7 Å². The van der Waals surface area contributed by atoms with Crippen molar-refractivity contribution in [1.29, 1.82) is 0 Å². The highest BCUT2D eigenvalue weighted by Crippen LogP contribution is 2.42. The van der Waals surface area contributed by atoms with Gasteiger partial charge in [0.05, 0.1) is 25.3 Å². The maximum Gasteiger partial charge on any atom is 0.338 e. The fourth-order valence-corrected chi connectivity index (χ4v) is 6.68. The molecule has 2 saturated heterocycles. The van der Waals surface area contributed by atoms with Crippen LogP contribution in [-0.2, 0) is 19.1 Å². The molecule has 2 aromatic rings. The maximum absolute atomic E-state index is 15.8. The molecule has 0 unspecified atom stereocenters. The van der Waals surface area contributed by atoms with E-state index in [1.165, 1.54) is 42.3 Å². The minimum atomic E-state index is -3.14. The van der Waals surface area contributed by atoms with Crippen molar-refractivity contribution in [2.45, 2.75) is 57.3 Å². The van der Waals surface area contributed by atoms with Gasteiger partial charge in [0.2, 0.25) is 0 Å². The number of aromatic nitrogens is 1. The smallest absolute Gasteiger partial charge is 0.338 e. The highest BCUT2D eigenvalue weighted by molar-refractivity contribution is 7.11. The second-order valence-corrected chi connectivity index (χ2v) is 12.6. The first-order valence-corrected chi connectivity index (χ1v) is 15.5. The number of thiazole rings is 1. The molecular weight excluding hydrogens is 613 g/mol. The number of likely N-dealkylation sites (N-methyl/N-ethyl adjacent to an activating group) is 1. The number of fused-ring (bicyclic) bond motifs is 1.